The van der Waals surface area contributed by atoms with Gasteiger partial charge in [-0.1, -0.05) is 17.7 Å². The summed E-state index contributed by atoms with van der Waals surface area (Å²) in [5.74, 6) is -0.536. The van der Waals surface area contributed by atoms with Crippen LogP contribution in [0.25, 0.3) is 0 Å². The number of primary amides is 1. The number of carbonyl (C=O) groups excluding carboxylic acids is 3. The summed E-state index contributed by atoms with van der Waals surface area (Å²) >= 11 is 0. The lowest BCUT2D eigenvalue weighted by Crippen LogP contribution is -2.37. The lowest BCUT2D eigenvalue weighted by Gasteiger charge is -2.13. The molecule has 7 heteroatoms. The normalized spacial score (nSPS) is 10.0. The summed E-state index contributed by atoms with van der Waals surface area (Å²) in [4.78, 5) is 35.7. The Balaban J connectivity index is 1.94. The van der Waals surface area contributed by atoms with Crippen LogP contribution in [0.4, 0.5) is 10.5 Å². The van der Waals surface area contributed by atoms with Crippen molar-refractivity contribution >= 4 is 23.6 Å². The zero-order chi connectivity index (χ0) is 18.4. The number of ether oxygens (including phenoxy) is 1. The zero-order valence-corrected chi connectivity index (χ0v) is 14.0. The summed E-state index contributed by atoms with van der Waals surface area (Å²) in [7, 11) is 1.40. The summed E-state index contributed by atoms with van der Waals surface area (Å²) in [6.45, 7) is 1.66. The standard InChI is InChI=1S/C18H19N3O4/c1-12-4-3-5-13(10-12)17(23)20-14-6-8-15(9-7-14)25-16(22)11-21(2)18(19)24/h3-10H,11H2,1-2H3,(H2,19,24)(H,20,23). The molecule has 25 heavy (non-hydrogen) atoms. The van der Waals surface area contributed by atoms with Crippen molar-refractivity contribution in [1.82, 2.24) is 4.90 Å². The molecule has 0 aliphatic heterocycles. The van der Waals surface area contributed by atoms with E-state index >= 15 is 0 Å². The minimum Gasteiger partial charge on any atom is -0.425 e. The lowest BCUT2D eigenvalue weighted by atomic mass is 10.1. The van der Waals surface area contributed by atoms with E-state index in [2.05, 4.69) is 5.32 Å². The van der Waals surface area contributed by atoms with Crippen LogP contribution >= 0.6 is 0 Å². The number of nitrogens with one attached hydrogen (secondary N) is 1. The van der Waals surface area contributed by atoms with Gasteiger partial charge in [-0.3, -0.25) is 4.79 Å². The Morgan fingerprint density at radius 2 is 1.80 bits per heavy atom. The predicted octanol–water partition coefficient (Wildman–Crippen LogP) is 2.16. The van der Waals surface area contributed by atoms with Crippen LogP contribution < -0.4 is 15.8 Å². The van der Waals surface area contributed by atoms with Crippen molar-refractivity contribution in [1.29, 1.82) is 0 Å². The minimum absolute atomic E-state index is 0.225. The first kappa shape index (κ1) is 18.0. The average Bonchev–Trinajstić information content (AvgIpc) is 2.56. The van der Waals surface area contributed by atoms with Gasteiger partial charge in [-0.05, 0) is 43.3 Å². The quantitative estimate of drug-likeness (QED) is 0.642. The smallest absolute Gasteiger partial charge is 0.331 e. The van der Waals surface area contributed by atoms with Gasteiger partial charge in [-0.2, -0.15) is 0 Å². The summed E-state index contributed by atoms with van der Waals surface area (Å²) in [5, 5.41) is 2.76. The Hall–Kier alpha value is -3.35. The molecule has 0 bridgehead atoms. The molecule has 2 aromatic carbocycles. The Morgan fingerprint density at radius 1 is 1.12 bits per heavy atom. The number of nitrogens with two attached hydrogens (primary N) is 1. The van der Waals surface area contributed by atoms with Crippen molar-refractivity contribution < 1.29 is 19.1 Å². The van der Waals surface area contributed by atoms with Gasteiger partial charge in [0.25, 0.3) is 5.91 Å². The van der Waals surface area contributed by atoms with Crippen molar-refractivity contribution in [3.63, 3.8) is 0 Å². The van der Waals surface area contributed by atoms with Crippen LogP contribution in [0, 0.1) is 6.92 Å². The van der Waals surface area contributed by atoms with Crippen molar-refractivity contribution in [2.75, 3.05) is 18.9 Å². The summed E-state index contributed by atoms with van der Waals surface area (Å²) in [6.07, 6.45) is 0. The summed E-state index contributed by atoms with van der Waals surface area (Å²) in [5.41, 5.74) is 7.17. The molecule has 0 unspecified atom stereocenters. The lowest BCUT2D eigenvalue weighted by molar-refractivity contribution is -0.134. The number of hydrogen-bond acceptors (Lipinski definition) is 4. The number of hydrogen-bond donors (Lipinski definition) is 2. The second kappa shape index (κ2) is 7.96. The number of aryl methyl sites for hydroxylation is 1. The number of carbonyl (C=O) groups is 3. The highest BCUT2D eigenvalue weighted by molar-refractivity contribution is 6.04. The number of rotatable bonds is 5. The van der Waals surface area contributed by atoms with Crippen molar-refractivity contribution in [2.24, 2.45) is 5.73 Å². The molecule has 7 nitrogen and oxygen atoms in total. The second-order valence-electron chi connectivity index (χ2n) is 5.52. The summed E-state index contributed by atoms with van der Waals surface area (Å²) in [6, 6.07) is 12.9. The van der Waals surface area contributed by atoms with Gasteiger partial charge in [0.1, 0.15) is 12.3 Å². The number of amides is 3. The van der Waals surface area contributed by atoms with E-state index in [1.165, 1.54) is 7.05 Å². The van der Waals surface area contributed by atoms with Gasteiger partial charge in [-0.15, -0.1) is 0 Å². The van der Waals surface area contributed by atoms with Gasteiger partial charge >= 0.3 is 12.0 Å². The molecule has 3 amide bonds. The van der Waals surface area contributed by atoms with Gasteiger partial charge in [-0.25, -0.2) is 9.59 Å². The Kier molecular flexibility index (Phi) is 5.73. The highest BCUT2D eigenvalue weighted by Crippen LogP contribution is 2.17. The number of benzene rings is 2. The third-order valence-electron chi connectivity index (χ3n) is 3.37. The molecule has 0 saturated heterocycles. The van der Waals surface area contributed by atoms with E-state index in [4.69, 9.17) is 10.5 Å². The second-order valence-corrected chi connectivity index (χ2v) is 5.52. The fraction of sp³-hybridized carbons (Fsp3) is 0.167. The van der Waals surface area contributed by atoms with Crippen LogP contribution in [0.15, 0.2) is 48.5 Å². The maximum absolute atomic E-state index is 12.2. The van der Waals surface area contributed by atoms with Gasteiger partial charge < -0.3 is 20.7 Å². The van der Waals surface area contributed by atoms with Gasteiger partial charge in [0.05, 0.1) is 0 Å². The molecule has 0 spiro atoms. The molecule has 0 atom stereocenters. The molecular weight excluding hydrogens is 322 g/mol. The van der Waals surface area contributed by atoms with Crippen molar-refractivity contribution in [2.45, 2.75) is 6.92 Å². The van der Waals surface area contributed by atoms with Gasteiger partial charge in [0, 0.05) is 18.3 Å². The first-order chi connectivity index (χ1) is 11.8. The van der Waals surface area contributed by atoms with Crippen LogP contribution in [0.2, 0.25) is 0 Å². The maximum Gasteiger partial charge on any atom is 0.331 e. The summed E-state index contributed by atoms with van der Waals surface area (Å²) < 4.78 is 5.09. The topological polar surface area (TPSA) is 102 Å². The van der Waals surface area contributed by atoms with E-state index in [-0.39, 0.29) is 12.5 Å². The van der Waals surface area contributed by atoms with E-state index in [1.807, 2.05) is 19.1 Å². The first-order valence-electron chi connectivity index (χ1n) is 7.54. The minimum atomic E-state index is -0.717. The number of esters is 1. The molecule has 0 radical (unpaired) electrons. The van der Waals surface area contributed by atoms with Crippen molar-refractivity contribution in [3.05, 3.63) is 59.7 Å². The molecule has 0 aromatic heterocycles. The molecule has 3 N–H and O–H groups in total. The third kappa shape index (κ3) is 5.35. The molecule has 0 aliphatic carbocycles. The molecule has 0 fully saturated rings. The van der Waals surface area contributed by atoms with Gasteiger partial charge in [0.2, 0.25) is 0 Å². The monoisotopic (exact) mass is 341 g/mol. The molecular formula is C18H19N3O4. The highest BCUT2D eigenvalue weighted by Gasteiger charge is 2.12. The number of likely N-dealkylation sites (N-methyl/N-ethyl adjacent to an activating group) is 1. The molecule has 130 valence electrons. The van der Waals surface area contributed by atoms with E-state index in [9.17, 15) is 14.4 Å². The van der Waals surface area contributed by atoms with Crippen LogP contribution in [0.3, 0.4) is 0 Å². The number of nitrogens with zero attached hydrogens (tertiary/aromatic N) is 1. The van der Waals surface area contributed by atoms with Gasteiger partial charge in [0.15, 0.2) is 0 Å². The number of urea groups is 1. The molecule has 2 rings (SSSR count). The van der Waals surface area contributed by atoms with Crippen molar-refractivity contribution in [3.8, 4) is 5.75 Å². The Labute approximate surface area is 145 Å². The fourth-order valence-electron chi connectivity index (χ4n) is 2.03. The average molecular weight is 341 g/mol. The van der Waals surface area contributed by atoms with Crippen LogP contribution in [0.5, 0.6) is 5.75 Å². The fourth-order valence-corrected chi connectivity index (χ4v) is 2.03. The Bertz CT molecular complexity index is 787. The predicted molar refractivity (Wildman–Crippen MR) is 93.4 cm³/mol. The maximum atomic E-state index is 12.2. The molecule has 0 aliphatic rings. The zero-order valence-electron chi connectivity index (χ0n) is 14.0. The third-order valence-corrected chi connectivity index (χ3v) is 3.37. The molecule has 0 saturated carbocycles. The molecule has 2 aromatic rings. The van der Waals surface area contributed by atoms with Crippen LogP contribution in [-0.4, -0.2) is 36.4 Å². The highest BCUT2D eigenvalue weighted by atomic mass is 16.5. The van der Waals surface area contributed by atoms with E-state index in [0.717, 1.165) is 10.5 Å². The largest absolute Gasteiger partial charge is 0.425 e. The van der Waals surface area contributed by atoms with E-state index < -0.39 is 12.0 Å². The Morgan fingerprint density at radius 3 is 2.40 bits per heavy atom. The van der Waals surface area contributed by atoms with Crippen LogP contribution in [-0.2, 0) is 4.79 Å². The SMILES string of the molecule is Cc1cccc(C(=O)Nc2ccc(OC(=O)CN(C)C(N)=O)cc2)c1. The van der Waals surface area contributed by atoms with Crippen LogP contribution in [0.1, 0.15) is 15.9 Å². The first-order valence-corrected chi connectivity index (χ1v) is 7.54. The number of anilines is 1. The van der Waals surface area contributed by atoms with E-state index in [1.54, 1.807) is 36.4 Å². The molecule has 0 heterocycles. The van der Waals surface area contributed by atoms with E-state index in [0.29, 0.717) is 17.0 Å².